The lowest BCUT2D eigenvalue weighted by Crippen LogP contribution is -2.35. The molecule has 0 atom stereocenters. The van der Waals surface area contributed by atoms with Crippen molar-refractivity contribution in [2.24, 2.45) is 5.73 Å². The van der Waals surface area contributed by atoms with Gasteiger partial charge in [-0.2, -0.15) is 0 Å². The molecule has 4 amide bonds. The van der Waals surface area contributed by atoms with E-state index >= 15 is 0 Å². The number of amides is 4. The van der Waals surface area contributed by atoms with Gasteiger partial charge in [-0.1, -0.05) is 17.7 Å². The summed E-state index contributed by atoms with van der Waals surface area (Å²) < 4.78 is 0. The number of thiophene rings is 1. The van der Waals surface area contributed by atoms with Crippen molar-refractivity contribution in [1.29, 1.82) is 0 Å². The SMILES string of the molecule is Cc1cccc(C(=O)Nc2sc3c(c2C(=O)NC(N)=O)CCC3)c1. The van der Waals surface area contributed by atoms with E-state index in [4.69, 9.17) is 5.73 Å². The summed E-state index contributed by atoms with van der Waals surface area (Å²) in [7, 11) is 0. The van der Waals surface area contributed by atoms with Gasteiger partial charge in [0.2, 0.25) is 0 Å². The van der Waals surface area contributed by atoms with Gasteiger partial charge in [0.05, 0.1) is 5.56 Å². The van der Waals surface area contributed by atoms with Gasteiger partial charge < -0.3 is 11.1 Å². The third-order valence-electron chi connectivity index (χ3n) is 3.89. The summed E-state index contributed by atoms with van der Waals surface area (Å²) in [6.07, 6.45) is 2.59. The lowest BCUT2D eigenvalue weighted by Gasteiger charge is -2.08. The molecule has 6 nitrogen and oxygen atoms in total. The van der Waals surface area contributed by atoms with Crippen molar-refractivity contribution >= 4 is 34.2 Å². The maximum Gasteiger partial charge on any atom is 0.319 e. The van der Waals surface area contributed by atoms with Crippen molar-refractivity contribution in [2.75, 3.05) is 5.32 Å². The Morgan fingerprint density at radius 3 is 2.67 bits per heavy atom. The number of carbonyl (C=O) groups excluding carboxylic acids is 3. The molecule has 1 aliphatic carbocycles. The summed E-state index contributed by atoms with van der Waals surface area (Å²) in [6.45, 7) is 1.90. The zero-order valence-electron chi connectivity index (χ0n) is 13.1. The minimum absolute atomic E-state index is 0.285. The fraction of sp³-hybridized carbons (Fsp3) is 0.235. The Morgan fingerprint density at radius 2 is 1.96 bits per heavy atom. The third-order valence-corrected chi connectivity index (χ3v) is 5.10. The molecule has 4 N–H and O–H groups in total. The van der Waals surface area contributed by atoms with Gasteiger partial charge >= 0.3 is 6.03 Å². The van der Waals surface area contributed by atoms with Crippen LogP contribution in [0.5, 0.6) is 0 Å². The molecule has 0 bridgehead atoms. The average molecular weight is 343 g/mol. The van der Waals surface area contributed by atoms with Crippen LogP contribution in [0, 0.1) is 6.92 Å². The Balaban J connectivity index is 1.92. The fourth-order valence-corrected chi connectivity index (χ4v) is 4.15. The van der Waals surface area contributed by atoms with E-state index in [0.717, 1.165) is 35.3 Å². The van der Waals surface area contributed by atoms with Gasteiger partial charge in [-0.3, -0.25) is 14.9 Å². The summed E-state index contributed by atoms with van der Waals surface area (Å²) in [6, 6.07) is 6.29. The molecule has 1 aromatic heterocycles. The average Bonchev–Trinajstić information content (AvgIpc) is 3.06. The van der Waals surface area contributed by atoms with E-state index < -0.39 is 11.9 Å². The molecule has 1 aromatic carbocycles. The maximum absolute atomic E-state index is 12.5. The van der Waals surface area contributed by atoms with Gasteiger partial charge in [0.25, 0.3) is 11.8 Å². The first kappa shape index (κ1) is 16.2. The highest BCUT2D eigenvalue weighted by atomic mass is 32.1. The van der Waals surface area contributed by atoms with E-state index in [-0.39, 0.29) is 5.91 Å². The van der Waals surface area contributed by atoms with Crippen LogP contribution in [0.1, 0.15) is 43.1 Å². The van der Waals surface area contributed by atoms with E-state index in [2.05, 4.69) is 10.6 Å². The Hall–Kier alpha value is -2.67. The number of hydrogen-bond donors (Lipinski definition) is 3. The highest BCUT2D eigenvalue weighted by Crippen LogP contribution is 2.39. The van der Waals surface area contributed by atoms with Crippen LogP contribution >= 0.6 is 11.3 Å². The summed E-state index contributed by atoms with van der Waals surface area (Å²) >= 11 is 1.39. The first-order chi connectivity index (χ1) is 11.5. The van der Waals surface area contributed by atoms with E-state index in [1.165, 1.54) is 11.3 Å². The first-order valence-electron chi connectivity index (χ1n) is 7.59. The van der Waals surface area contributed by atoms with Crippen molar-refractivity contribution in [1.82, 2.24) is 5.32 Å². The molecule has 0 unspecified atom stereocenters. The minimum atomic E-state index is -0.908. The molecule has 0 saturated carbocycles. The zero-order chi connectivity index (χ0) is 17.3. The molecule has 7 heteroatoms. The number of carbonyl (C=O) groups is 3. The molecule has 3 rings (SSSR count). The van der Waals surface area contributed by atoms with Crippen molar-refractivity contribution in [3.8, 4) is 0 Å². The highest BCUT2D eigenvalue weighted by molar-refractivity contribution is 7.17. The largest absolute Gasteiger partial charge is 0.351 e. The molecule has 1 heterocycles. The fourth-order valence-electron chi connectivity index (χ4n) is 2.87. The second kappa shape index (κ2) is 6.45. The molecule has 0 fully saturated rings. The standard InChI is InChI=1S/C17H17N3O3S/c1-9-4-2-5-10(8-9)14(21)19-16-13(15(22)20-17(18)23)11-6-3-7-12(11)24-16/h2,4-5,8H,3,6-7H2,1H3,(H,19,21)(H3,18,20,22,23). The van der Waals surface area contributed by atoms with E-state index in [1.807, 2.05) is 13.0 Å². The zero-order valence-corrected chi connectivity index (χ0v) is 14.0. The number of aryl methyl sites for hydroxylation is 2. The van der Waals surface area contributed by atoms with Crippen LogP contribution in [0.15, 0.2) is 24.3 Å². The molecular formula is C17H17N3O3S. The molecule has 0 saturated heterocycles. The number of rotatable bonds is 3. The second-order valence-corrected chi connectivity index (χ2v) is 6.81. The summed E-state index contributed by atoms with van der Waals surface area (Å²) in [4.78, 5) is 36.9. The van der Waals surface area contributed by atoms with Crippen molar-refractivity contribution in [3.05, 3.63) is 51.4 Å². The van der Waals surface area contributed by atoms with Gasteiger partial charge in [-0.05, 0) is 43.9 Å². The number of benzene rings is 1. The highest BCUT2D eigenvalue weighted by Gasteiger charge is 2.28. The van der Waals surface area contributed by atoms with E-state index in [0.29, 0.717) is 16.1 Å². The Bertz CT molecular complexity index is 842. The number of urea groups is 1. The van der Waals surface area contributed by atoms with Crippen LogP contribution in [-0.4, -0.2) is 17.8 Å². The maximum atomic E-state index is 12.5. The van der Waals surface area contributed by atoms with E-state index in [1.54, 1.807) is 18.2 Å². The topological polar surface area (TPSA) is 101 Å². The molecule has 2 aromatic rings. The Morgan fingerprint density at radius 1 is 1.17 bits per heavy atom. The first-order valence-corrected chi connectivity index (χ1v) is 8.40. The monoisotopic (exact) mass is 343 g/mol. The normalized spacial score (nSPS) is 12.5. The number of anilines is 1. The smallest absolute Gasteiger partial charge is 0.319 e. The van der Waals surface area contributed by atoms with Crippen molar-refractivity contribution < 1.29 is 14.4 Å². The van der Waals surface area contributed by atoms with Crippen molar-refractivity contribution in [2.45, 2.75) is 26.2 Å². The lowest BCUT2D eigenvalue weighted by molar-refractivity contribution is 0.0966. The number of fused-ring (bicyclic) bond motifs is 1. The van der Waals surface area contributed by atoms with Crippen LogP contribution in [0.3, 0.4) is 0 Å². The second-order valence-electron chi connectivity index (χ2n) is 5.70. The lowest BCUT2D eigenvalue weighted by atomic mass is 10.1. The number of imide groups is 1. The van der Waals surface area contributed by atoms with Gasteiger partial charge in [0, 0.05) is 10.4 Å². The van der Waals surface area contributed by atoms with Gasteiger partial charge in [0.15, 0.2) is 0 Å². The van der Waals surface area contributed by atoms with Crippen LogP contribution in [-0.2, 0) is 12.8 Å². The number of nitrogens with one attached hydrogen (secondary N) is 2. The predicted octanol–water partition coefficient (Wildman–Crippen LogP) is 2.61. The minimum Gasteiger partial charge on any atom is -0.351 e. The number of primary amides is 1. The quantitative estimate of drug-likeness (QED) is 0.798. The number of hydrogen-bond acceptors (Lipinski definition) is 4. The molecule has 124 valence electrons. The van der Waals surface area contributed by atoms with Gasteiger partial charge in [-0.15, -0.1) is 11.3 Å². The van der Waals surface area contributed by atoms with Gasteiger partial charge in [0.1, 0.15) is 5.00 Å². The Labute approximate surface area is 143 Å². The molecule has 1 aliphatic rings. The molecule has 0 spiro atoms. The summed E-state index contributed by atoms with van der Waals surface area (Å²) in [5.41, 5.74) is 7.80. The predicted molar refractivity (Wildman–Crippen MR) is 92.5 cm³/mol. The van der Waals surface area contributed by atoms with Gasteiger partial charge in [-0.25, -0.2) is 4.79 Å². The summed E-state index contributed by atoms with van der Waals surface area (Å²) in [5, 5.41) is 5.36. The van der Waals surface area contributed by atoms with E-state index in [9.17, 15) is 14.4 Å². The molecule has 0 aliphatic heterocycles. The number of nitrogens with two attached hydrogens (primary N) is 1. The third kappa shape index (κ3) is 3.16. The summed E-state index contributed by atoms with van der Waals surface area (Å²) in [5.74, 6) is -0.854. The van der Waals surface area contributed by atoms with Crippen LogP contribution < -0.4 is 16.4 Å². The van der Waals surface area contributed by atoms with Crippen LogP contribution in [0.4, 0.5) is 9.80 Å². The van der Waals surface area contributed by atoms with Crippen molar-refractivity contribution in [3.63, 3.8) is 0 Å². The van der Waals surface area contributed by atoms with Crippen LogP contribution in [0.2, 0.25) is 0 Å². The molecular weight excluding hydrogens is 326 g/mol. The van der Waals surface area contributed by atoms with Crippen LogP contribution in [0.25, 0.3) is 0 Å². The molecule has 24 heavy (non-hydrogen) atoms. The molecule has 0 radical (unpaired) electrons. The Kier molecular flexibility index (Phi) is 4.35.